The Bertz CT molecular complexity index is 1080. The van der Waals surface area contributed by atoms with Gasteiger partial charge in [0, 0.05) is 17.2 Å². The average molecular weight is 447 g/mol. The number of amides is 1. The number of rotatable bonds is 6. The number of nitrogens with zero attached hydrogens (tertiary/aromatic N) is 2. The summed E-state index contributed by atoms with van der Waals surface area (Å²) < 4.78 is 17.4. The molecule has 2 aromatic carbocycles. The molecule has 6 nitrogen and oxygen atoms in total. The quantitative estimate of drug-likeness (QED) is 0.527. The zero-order valence-electron chi connectivity index (χ0n) is 17.1. The lowest BCUT2D eigenvalue weighted by molar-refractivity contribution is 0.0917. The zero-order chi connectivity index (χ0) is 21.3. The molecule has 1 fully saturated rings. The molecule has 0 radical (unpaired) electrons. The van der Waals surface area contributed by atoms with Gasteiger partial charge in [-0.3, -0.25) is 9.69 Å². The van der Waals surface area contributed by atoms with Crippen LogP contribution in [0, 0.1) is 6.92 Å². The molecule has 158 valence electrons. The molecule has 3 aromatic rings. The third kappa shape index (κ3) is 4.10. The third-order valence-electron chi connectivity index (χ3n) is 5.16. The molecular formula is C22H23ClN2O4S. The number of carbonyl (C=O) groups excluding carboxylic acids is 1. The van der Waals surface area contributed by atoms with Crippen molar-refractivity contribution in [2.45, 2.75) is 25.9 Å². The first kappa shape index (κ1) is 20.9. The maximum absolute atomic E-state index is 13.5. The Morgan fingerprint density at radius 2 is 2.07 bits per heavy atom. The molecule has 0 saturated carbocycles. The minimum atomic E-state index is -0.158. The van der Waals surface area contributed by atoms with Crippen molar-refractivity contribution in [3.05, 3.63) is 46.5 Å². The first-order valence-electron chi connectivity index (χ1n) is 9.72. The molecule has 0 N–H and O–H groups in total. The predicted octanol–water partition coefficient (Wildman–Crippen LogP) is 5.10. The number of anilines is 1. The van der Waals surface area contributed by atoms with Crippen LogP contribution >= 0.6 is 22.9 Å². The Morgan fingerprint density at radius 1 is 1.27 bits per heavy atom. The number of benzene rings is 2. The Balaban J connectivity index is 1.74. The fourth-order valence-electron chi connectivity index (χ4n) is 3.62. The van der Waals surface area contributed by atoms with Gasteiger partial charge in [-0.15, -0.1) is 0 Å². The van der Waals surface area contributed by atoms with Crippen LogP contribution in [-0.4, -0.2) is 44.4 Å². The number of thiazole rings is 1. The van der Waals surface area contributed by atoms with Crippen LogP contribution in [0.2, 0.25) is 5.02 Å². The third-order valence-corrected chi connectivity index (χ3v) is 6.40. The largest absolute Gasteiger partial charge is 0.493 e. The standard InChI is InChI=1S/C22H23ClN2O4S/c1-13-9-15(23)11-19-20(13)24-22(30-19)25(12-16-5-4-8-29-16)21(26)14-6-7-17(27-2)18(10-14)28-3/h6-7,9-11,16H,4-5,8,12H2,1-3H3. The van der Waals surface area contributed by atoms with E-state index in [1.54, 1.807) is 37.3 Å². The van der Waals surface area contributed by atoms with Crippen LogP contribution in [0.3, 0.4) is 0 Å². The summed E-state index contributed by atoms with van der Waals surface area (Å²) in [5.74, 6) is 0.923. The van der Waals surface area contributed by atoms with E-state index in [1.807, 2.05) is 19.1 Å². The maximum atomic E-state index is 13.5. The van der Waals surface area contributed by atoms with E-state index in [9.17, 15) is 4.79 Å². The van der Waals surface area contributed by atoms with Gasteiger partial charge in [-0.25, -0.2) is 4.98 Å². The van der Waals surface area contributed by atoms with Crippen molar-refractivity contribution in [2.75, 3.05) is 32.3 Å². The van der Waals surface area contributed by atoms with Crippen molar-refractivity contribution in [3.8, 4) is 11.5 Å². The SMILES string of the molecule is COc1ccc(C(=O)N(CC2CCCO2)c2nc3c(C)cc(Cl)cc3s2)cc1OC. The predicted molar refractivity (Wildman–Crippen MR) is 120 cm³/mol. The fourth-order valence-corrected chi connectivity index (χ4v) is 5.05. The number of hydrogen-bond donors (Lipinski definition) is 0. The highest BCUT2D eigenvalue weighted by molar-refractivity contribution is 7.22. The van der Waals surface area contributed by atoms with Crippen molar-refractivity contribution in [2.24, 2.45) is 0 Å². The van der Waals surface area contributed by atoms with Crippen LogP contribution in [0.15, 0.2) is 30.3 Å². The molecule has 1 saturated heterocycles. The molecule has 1 aliphatic rings. The van der Waals surface area contributed by atoms with E-state index in [-0.39, 0.29) is 12.0 Å². The lowest BCUT2D eigenvalue weighted by Crippen LogP contribution is -2.37. The van der Waals surface area contributed by atoms with Crippen LogP contribution in [0.4, 0.5) is 5.13 Å². The summed E-state index contributed by atoms with van der Waals surface area (Å²) in [6.45, 7) is 3.13. The molecular weight excluding hydrogens is 424 g/mol. The van der Waals surface area contributed by atoms with E-state index in [4.69, 9.17) is 30.8 Å². The number of fused-ring (bicyclic) bond motifs is 1. The first-order chi connectivity index (χ1) is 14.5. The minimum Gasteiger partial charge on any atom is -0.493 e. The molecule has 1 unspecified atom stereocenters. The normalized spacial score (nSPS) is 16.1. The van der Waals surface area contributed by atoms with E-state index >= 15 is 0 Å². The molecule has 0 aliphatic carbocycles. The van der Waals surface area contributed by atoms with E-state index in [0.717, 1.165) is 35.2 Å². The van der Waals surface area contributed by atoms with Gasteiger partial charge in [0.1, 0.15) is 0 Å². The molecule has 2 heterocycles. The van der Waals surface area contributed by atoms with Crippen molar-refractivity contribution in [1.82, 2.24) is 4.98 Å². The molecule has 4 rings (SSSR count). The summed E-state index contributed by atoms with van der Waals surface area (Å²) in [4.78, 5) is 20.0. The van der Waals surface area contributed by atoms with Gasteiger partial charge in [-0.1, -0.05) is 22.9 Å². The van der Waals surface area contributed by atoms with Gasteiger partial charge < -0.3 is 14.2 Å². The smallest absolute Gasteiger partial charge is 0.260 e. The molecule has 1 aliphatic heterocycles. The summed E-state index contributed by atoms with van der Waals surface area (Å²) in [7, 11) is 3.12. The Labute approximate surface area is 184 Å². The van der Waals surface area contributed by atoms with Crippen molar-refractivity contribution >= 4 is 44.2 Å². The molecule has 30 heavy (non-hydrogen) atoms. The Morgan fingerprint density at radius 3 is 2.77 bits per heavy atom. The molecule has 1 atom stereocenters. The van der Waals surface area contributed by atoms with E-state index in [1.165, 1.54) is 11.3 Å². The second-order valence-electron chi connectivity index (χ2n) is 7.19. The monoisotopic (exact) mass is 446 g/mol. The summed E-state index contributed by atoms with van der Waals surface area (Å²) in [6, 6.07) is 8.93. The van der Waals surface area contributed by atoms with E-state index in [0.29, 0.717) is 33.8 Å². The molecule has 1 amide bonds. The molecule has 1 aromatic heterocycles. The van der Waals surface area contributed by atoms with Gasteiger partial charge in [0.15, 0.2) is 16.6 Å². The highest BCUT2D eigenvalue weighted by atomic mass is 35.5. The number of carbonyl (C=O) groups is 1. The number of ether oxygens (including phenoxy) is 3. The van der Waals surface area contributed by atoms with Crippen molar-refractivity contribution in [1.29, 1.82) is 0 Å². The molecule has 0 bridgehead atoms. The number of aryl methyl sites for hydroxylation is 1. The first-order valence-corrected chi connectivity index (χ1v) is 10.9. The van der Waals surface area contributed by atoms with Crippen molar-refractivity contribution in [3.63, 3.8) is 0 Å². The van der Waals surface area contributed by atoms with Gasteiger partial charge in [0.2, 0.25) is 0 Å². The molecule has 0 spiro atoms. The second-order valence-corrected chi connectivity index (χ2v) is 8.63. The van der Waals surface area contributed by atoms with Gasteiger partial charge in [0.05, 0.1) is 37.1 Å². The lowest BCUT2D eigenvalue weighted by Gasteiger charge is -2.23. The lowest BCUT2D eigenvalue weighted by atomic mass is 10.1. The maximum Gasteiger partial charge on any atom is 0.260 e. The number of methoxy groups -OCH3 is 2. The summed E-state index contributed by atoms with van der Waals surface area (Å²) in [5.41, 5.74) is 2.34. The van der Waals surface area contributed by atoms with Gasteiger partial charge >= 0.3 is 0 Å². The summed E-state index contributed by atoms with van der Waals surface area (Å²) >= 11 is 7.68. The topological polar surface area (TPSA) is 60.9 Å². The van der Waals surface area contributed by atoms with Gasteiger partial charge in [-0.2, -0.15) is 0 Å². The van der Waals surface area contributed by atoms with Crippen LogP contribution in [-0.2, 0) is 4.74 Å². The van der Waals surface area contributed by atoms with Crippen LogP contribution in [0.1, 0.15) is 28.8 Å². The van der Waals surface area contributed by atoms with Crippen LogP contribution in [0.5, 0.6) is 11.5 Å². The van der Waals surface area contributed by atoms with E-state index < -0.39 is 0 Å². The zero-order valence-corrected chi connectivity index (χ0v) is 18.7. The highest BCUT2D eigenvalue weighted by Gasteiger charge is 2.28. The number of aromatic nitrogens is 1. The Kier molecular flexibility index (Phi) is 6.13. The van der Waals surface area contributed by atoms with Crippen molar-refractivity contribution < 1.29 is 19.0 Å². The molecule has 8 heteroatoms. The van der Waals surface area contributed by atoms with Crippen LogP contribution in [0.25, 0.3) is 10.2 Å². The number of halogens is 1. The Hall–Kier alpha value is -2.35. The summed E-state index contributed by atoms with van der Waals surface area (Å²) in [5, 5.41) is 1.29. The summed E-state index contributed by atoms with van der Waals surface area (Å²) in [6.07, 6.45) is 1.91. The van der Waals surface area contributed by atoms with Gasteiger partial charge in [0.25, 0.3) is 5.91 Å². The van der Waals surface area contributed by atoms with Crippen LogP contribution < -0.4 is 14.4 Å². The number of hydrogen-bond acceptors (Lipinski definition) is 6. The second kappa shape index (κ2) is 8.79. The minimum absolute atomic E-state index is 0.00853. The van der Waals surface area contributed by atoms with Gasteiger partial charge in [-0.05, 0) is 55.7 Å². The van der Waals surface area contributed by atoms with E-state index in [2.05, 4.69) is 0 Å². The average Bonchev–Trinajstić information content (AvgIpc) is 3.40. The fraction of sp³-hybridized carbons (Fsp3) is 0.364. The highest BCUT2D eigenvalue weighted by Crippen LogP contribution is 2.35.